The third-order valence-electron chi connectivity index (χ3n) is 5.03. The van der Waals surface area contributed by atoms with Gasteiger partial charge in [-0.25, -0.2) is 0 Å². The molecule has 0 atom stereocenters. The molecule has 2 heterocycles. The molecule has 1 N–H and O–H groups in total. The fraction of sp³-hybridized carbons (Fsp3) is 0.429. The van der Waals surface area contributed by atoms with Crippen LogP contribution in [0, 0.1) is 20.8 Å². The fourth-order valence-electron chi connectivity index (χ4n) is 3.39. The molecule has 0 aliphatic carbocycles. The van der Waals surface area contributed by atoms with Gasteiger partial charge in [-0.3, -0.25) is 9.59 Å². The second-order valence-corrected chi connectivity index (χ2v) is 7.10. The molecule has 2 amide bonds. The van der Waals surface area contributed by atoms with Crippen LogP contribution in [0.25, 0.3) is 0 Å². The molecule has 27 heavy (non-hydrogen) atoms. The minimum Gasteiger partial charge on any atom is -0.484 e. The molecule has 6 nitrogen and oxygen atoms in total. The van der Waals surface area contributed by atoms with Gasteiger partial charge in [0.1, 0.15) is 5.75 Å². The summed E-state index contributed by atoms with van der Waals surface area (Å²) in [5.74, 6) is 0.805. The highest BCUT2D eigenvalue weighted by Crippen LogP contribution is 2.16. The van der Waals surface area contributed by atoms with Crippen LogP contribution >= 0.6 is 0 Å². The van der Waals surface area contributed by atoms with Crippen molar-refractivity contribution in [1.82, 2.24) is 14.8 Å². The summed E-state index contributed by atoms with van der Waals surface area (Å²) in [5.41, 5.74) is 4.17. The van der Waals surface area contributed by atoms with Gasteiger partial charge in [-0.1, -0.05) is 18.2 Å². The van der Waals surface area contributed by atoms with E-state index in [2.05, 4.69) is 4.98 Å². The molecule has 1 fully saturated rings. The van der Waals surface area contributed by atoms with Gasteiger partial charge >= 0.3 is 0 Å². The quantitative estimate of drug-likeness (QED) is 0.879. The summed E-state index contributed by atoms with van der Waals surface area (Å²) < 4.78 is 5.65. The lowest BCUT2D eigenvalue weighted by molar-refractivity contribution is -0.140. The van der Waals surface area contributed by atoms with E-state index < -0.39 is 0 Å². The average molecular weight is 369 g/mol. The highest BCUT2D eigenvalue weighted by molar-refractivity contribution is 5.80. The van der Waals surface area contributed by atoms with Crippen molar-refractivity contribution in [3.8, 4) is 5.75 Å². The van der Waals surface area contributed by atoms with E-state index in [-0.39, 0.29) is 18.4 Å². The molecule has 6 heteroatoms. The molecule has 2 aromatic rings. The number of carbonyl (C=O) groups excluding carboxylic acids is 2. The van der Waals surface area contributed by atoms with Gasteiger partial charge in [0.05, 0.1) is 6.42 Å². The molecule has 1 aliphatic rings. The van der Waals surface area contributed by atoms with E-state index in [9.17, 15) is 9.59 Å². The Morgan fingerprint density at radius 3 is 2.22 bits per heavy atom. The largest absolute Gasteiger partial charge is 0.484 e. The Balaban J connectivity index is 1.46. The van der Waals surface area contributed by atoms with Crippen LogP contribution in [0.3, 0.4) is 0 Å². The van der Waals surface area contributed by atoms with Gasteiger partial charge in [0.2, 0.25) is 5.91 Å². The maximum Gasteiger partial charge on any atom is 0.260 e. The maximum absolute atomic E-state index is 12.5. The van der Waals surface area contributed by atoms with E-state index in [4.69, 9.17) is 4.74 Å². The van der Waals surface area contributed by atoms with Crippen molar-refractivity contribution < 1.29 is 14.3 Å². The monoisotopic (exact) mass is 369 g/mol. The highest BCUT2D eigenvalue weighted by atomic mass is 16.5. The summed E-state index contributed by atoms with van der Waals surface area (Å²) >= 11 is 0. The van der Waals surface area contributed by atoms with Crippen molar-refractivity contribution in [3.63, 3.8) is 0 Å². The maximum atomic E-state index is 12.5. The Bertz CT molecular complexity index is 820. The number of aromatic amines is 1. The number of hydrogen-bond donors (Lipinski definition) is 1. The minimum absolute atomic E-state index is 0.0284. The Labute approximate surface area is 160 Å². The number of aryl methyl sites for hydroxylation is 3. The van der Waals surface area contributed by atoms with Gasteiger partial charge in [0.15, 0.2) is 6.61 Å². The summed E-state index contributed by atoms with van der Waals surface area (Å²) in [7, 11) is 0. The fourth-order valence-corrected chi connectivity index (χ4v) is 3.39. The van der Waals surface area contributed by atoms with Crippen LogP contribution in [-0.2, 0) is 16.0 Å². The van der Waals surface area contributed by atoms with Crippen LogP contribution in [-0.4, -0.2) is 59.4 Å². The summed E-state index contributed by atoms with van der Waals surface area (Å²) in [5, 5.41) is 0. The summed E-state index contributed by atoms with van der Waals surface area (Å²) in [4.78, 5) is 31.8. The third-order valence-corrected chi connectivity index (χ3v) is 5.03. The van der Waals surface area contributed by atoms with E-state index in [1.54, 1.807) is 4.90 Å². The lowest BCUT2D eigenvalue weighted by Gasteiger charge is -2.34. The van der Waals surface area contributed by atoms with E-state index in [0.29, 0.717) is 32.6 Å². The Hall–Kier alpha value is -2.76. The molecule has 1 aromatic carbocycles. The number of nitrogens with zero attached hydrogens (tertiary/aromatic N) is 2. The normalized spacial score (nSPS) is 14.3. The molecule has 144 valence electrons. The SMILES string of the molecule is Cc1cc(CC(=O)N2CCN(C(=O)COc3ccccc3C)CC2)c(C)[nH]1. The van der Waals surface area contributed by atoms with E-state index in [1.165, 1.54) is 0 Å². The van der Waals surface area contributed by atoms with Crippen LogP contribution in [0.15, 0.2) is 30.3 Å². The number of ether oxygens (including phenoxy) is 1. The smallest absolute Gasteiger partial charge is 0.260 e. The van der Waals surface area contributed by atoms with Gasteiger partial charge in [0.25, 0.3) is 5.91 Å². The standard InChI is InChI=1S/C21H27N3O3/c1-15-6-4-5-7-19(15)27-14-21(26)24-10-8-23(9-11-24)20(25)13-18-12-16(2)22-17(18)3/h4-7,12,22H,8-11,13-14H2,1-3H3. The number of rotatable bonds is 5. The first kappa shape index (κ1) is 19.0. The van der Waals surface area contributed by atoms with Crippen LogP contribution < -0.4 is 4.74 Å². The molecule has 1 aliphatic heterocycles. The van der Waals surface area contributed by atoms with Crippen molar-refractivity contribution >= 4 is 11.8 Å². The molecular formula is C21H27N3O3. The number of carbonyl (C=O) groups is 2. The van der Waals surface area contributed by atoms with Gasteiger partial charge in [-0.2, -0.15) is 0 Å². The number of amides is 2. The number of H-pyrrole nitrogens is 1. The second-order valence-electron chi connectivity index (χ2n) is 7.10. The zero-order chi connectivity index (χ0) is 19.4. The summed E-state index contributed by atoms with van der Waals surface area (Å²) in [6, 6.07) is 9.68. The van der Waals surface area contributed by atoms with Crippen molar-refractivity contribution in [2.45, 2.75) is 27.2 Å². The minimum atomic E-state index is -0.0394. The Morgan fingerprint density at radius 2 is 1.63 bits per heavy atom. The molecule has 3 rings (SSSR count). The molecule has 0 spiro atoms. The Kier molecular flexibility index (Phi) is 5.84. The lowest BCUT2D eigenvalue weighted by atomic mass is 10.1. The predicted molar refractivity (Wildman–Crippen MR) is 104 cm³/mol. The van der Waals surface area contributed by atoms with Gasteiger partial charge in [0, 0.05) is 37.6 Å². The van der Waals surface area contributed by atoms with E-state index >= 15 is 0 Å². The van der Waals surface area contributed by atoms with Crippen LogP contribution in [0.4, 0.5) is 0 Å². The first-order valence-electron chi connectivity index (χ1n) is 9.33. The van der Waals surface area contributed by atoms with Crippen molar-refractivity contribution in [2.24, 2.45) is 0 Å². The molecule has 1 aromatic heterocycles. The Morgan fingerprint density at radius 1 is 1.00 bits per heavy atom. The average Bonchev–Trinajstić information content (AvgIpc) is 2.97. The molecule has 0 bridgehead atoms. The van der Waals surface area contributed by atoms with Crippen LogP contribution in [0.2, 0.25) is 0 Å². The molecular weight excluding hydrogens is 342 g/mol. The van der Waals surface area contributed by atoms with E-state index in [0.717, 1.165) is 28.3 Å². The lowest BCUT2D eigenvalue weighted by Crippen LogP contribution is -2.52. The molecule has 0 unspecified atom stereocenters. The zero-order valence-electron chi connectivity index (χ0n) is 16.2. The number of aromatic nitrogens is 1. The molecule has 0 saturated carbocycles. The number of benzene rings is 1. The van der Waals surface area contributed by atoms with Crippen molar-refractivity contribution in [2.75, 3.05) is 32.8 Å². The number of para-hydroxylation sites is 1. The molecule has 1 saturated heterocycles. The molecule has 0 radical (unpaired) electrons. The number of piperazine rings is 1. The van der Waals surface area contributed by atoms with Crippen LogP contribution in [0.1, 0.15) is 22.5 Å². The summed E-state index contributed by atoms with van der Waals surface area (Å²) in [6.45, 7) is 8.19. The van der Waals surface area contributed by atoms with Gasteiger partial charge < -0.3 is 19.5 Å². The topological polar surface area (TPSA) is 65.6 Å². The highest BCUT2D eigenvalue weighted by Gasteiger charge is 2.25. The number of nitrogens with one attached hydrogen (secondary N) is 1. The predicted octanol–water partition coefficient (Wildman–Crippen LogP) is 2.23. The van der Waals surface area contributed by atoms with Gasteiger partial charge in [-0.15, -0.1) is 0 Å². The van der Waals surface area contributed by atoms with Gasteiger partial charge in [-0.05, 0) is 44.0 Å². The van der Waals surface area contributed by atoms with Crippen molar-refractivity contribution in [1.29, 1.82) is 0 Å². The first-order valence-corrected chi connectivity index (χ1v) is 9.33. The third kappa shape index (κ3) is 4.70. The second kappa shape index (κ2) is 8.29. The summed E-state index contributed by atoms with van der Waals surface area (Å²) in [6.07, 6.45) is 0.403. The van der Waals surface area contributed by atoms with Crippen LogP contribution in [0.5, 0.6) is 5.75 Å². The van der Waals surface area contributed by atoms with E-state index in [1.807, 2.05) is 56.0 Å². The first-order chi connectivity index (χ1) is 12.9. The zero-order valence-corrected chi connectivity index (χ0v) is 16.2. The number of hydrogen-bond acceptors (Lipinski definition) is 3. The van der Waals surface area contributed by atoms with Crippen molar-refractivity contribution in [3.05, 3.63) is 52.8 Å².